The zero-order chi connectivity index (χ0) is 15.1. The molecule has 0 saturated carbocycles. The summed E-state index contributed by atoms with van der Waals surface area (Å²) in [5.41, 5.74) is 6.62. The van der Waals surface area contributed by atoms with Gasteiger partial charge in [-0.15, -0.1) is 0 Å². The van der Waals surface area contributed by atoms with Crippen LogP contribution in [0.25, 0.3) is 0 Å². The number of nitrogens with one attached hydrogen (secondary N) is 1. The van der Waals surface area contributed by atoms with Gasteiger partial charge >= 0.3 is 0 Å². The van der Waals surface area contributed by atoms with Crippen LogP contribution in [0.2, 0.25) is 0 Å². The lowest BCUT2D eigenvalue weighted by atomic mass is 9.96. The molecule has 2 aromatic carbocycles. The lowest BCUT2D eigenvalue weighted by Crippen LogP contribution is -2.30. The van der Waals surface area contributed by atoms with Crippen molar-refractivity contribution in [3.8, 4) is 5.75 Å². The summed E-state index contributed by atoms with van der Waals surface area (Å²) < 4.78 is 5.84. The lowest BCUT2D eigenvalue weighted by molar-refractivity contribution is 0.310. The molecule has 0 aliphatic carbocycles. The number of nitrogens with two attached hydrogens (primary N) is 1. The molecule has 0 bridgehead atoms. The fourth-order valence-corrected chi connectivity index (χ4v) is 2.43. The van der Waals surface area contributed by atoms with E-state index in [4.69, 9.17) is 10.6 Å². The Balaban J connectivity index is 2.23. The highest BCUT2D eigenvalue weighted by Gasteiger charge is 2.16. The summed E-state index contributed by atoms with van der Waals surface area (Å²) in [5, 5.41) is 0. The molecule has 3 nitrogen and oxygen atoms in total. The van der Waals surface area contributed by atoms with Crippen LogP contribution in [0.5, 0.6) is 5.75 Å². The van der Waals surface area contributed by atoms with Crippen LogP contribution in [-0.4, -0.2) is 6.61 Å². The largest absolute Gasteiger partial charge is 0.493 e. The number of hydrogen-bond donors (Lipinski definition) is 2. The van der Waals surface area contributed by atoms with Crippen molar-refractivity contribution in [2.75, 3.05) is 6.61 Å². The molecule has 0 heterocycles. The van der Waals surface area contributed by atoms with Gasteiger partial charge in [-0.3, -0.25) is 11.3 Å². The van der Waals surface area contributed by atoms with Gasteiger partial charge in [-0.1, -0.05) is 49.4 Å². The summed E-state index contributed by atoms with van der Waals surface area (Å²) in [6.07, 6.45) is 1.84. The Morgan fingerprint density at radius 2 is 1.81 bits per heavy atom. The summed E-state index contributed by atoms with van der Waals surface area (Å²) in [6, 6.07) is 16.5. The third-order valence-corrected chi connectivity index (χ3v) is 3.64. The van der Waals surface area contributed by atoms with Crippen molar-refractivity contribution in [3.63, 3.8) is 0 Å². The maximum atomic E-state index is 5.84. The van der Waals surface area contributed by atoms with Crippen LogP contribution in [0, 0.1) is 6.92 Å². The maximum Gasteiger partial charge on any atom is 0.124 e. The second-order valence-corrected chi connectivity index (χ2v) is 5.24. The fourth-order valence-electron chi connectivity index (χ4n) is 2.43. The van der Waals surface area contributed by atoms with Gasteiger partial charge in [0.05, 0.1) is 12.6 Å². The zero-order valence-electron chi connectivity index (χ0n) is 12.8. The van der Waals surface area contributed by atoms with Crippen molar-refractivity contribution in [1.29, 1.82) is 0 Å². The minimum atomic E-state index is 0.0409. The van der Waals surface area contributed by atoms with E-state index in [9.17, 15) is 0 Å². The Morgan fingerprint density at radius 3 is 2.52 bits per heavy atom. The number of hydrogen-bond acceptors (Lipinski definition) is 3. The van der Waals surface area contributed by atoms with Crippen molar-refractivity contribution >= 4 is 0 Å². The molecule has 0 amide bonds. The molecule has 112 valence electrons. The molecule has 3 heteroatoms. The monoisotopic (exact) mass is 284 g/mol. The van der Waals surface area contributed by atoms with Gasteiger partial charge < -0.3 is 4.74 Å². The molecule has 0 saturated heterocycles. The molecular formula is C18H24N2O. The van der Waals surface area contributed by atoms with Crippen molar-refractivity contribution in [2.45, 2.75) is 32.7 Å². The van der Waals surface area contributed by atoms with Gasteiger partial charge in [0, 0.05) is 5.56 Å². The lowest BCUT2D eigenvalue weighted by Gasteiger charge is -2.20. The predicted molar refractivity (Wildman–Crippen MR) is 87.2 cm³/mol. The number of hydrazine groups is 1. The smallest absolute Gasteiger partial charge is 0.124 e. The van der Waals surface area contributed by atoms with Gasteiger partial charge in [0.25, 0.3) is 0 Å². The molecule has 2 rings (SSSR count). The molecule has 0 spiro atoms. The van der Waals surface area contributed by atoms with Crippen molar-refractivity contribution in [3.05, 3.63) is 65.2 Å². The highest BCUT2D eigenvalue weighted by atomic mass is 16.5. The summed E-state index contributed by atoms with van der Waals surface area (Å²) in [4.78, 5) is 0. The molecule has 3 N–H and O–H groups in total. The van der Waals surface area contributed by atoms with E-state index in [-0.39, 0.29) is 6.04 Å². The summed E-state index contributed by atoms with van der Waals surface area (Å²) in [7, 11) is 0. The van der Waals surface area contributed by atoms with Gasteiger partial charge in [-0.2, -0.15) is 0 Å². The minimum absolute atomic E-state index is 0.0409. The first-order valence-corrected chi connectivity index (χ1v) is 7.48. The van der Waals surface area contributed by atoms with Crippen LogP contribution in [0.3, 0.4) is 0 Å². The van der Waals surface area contributed by atoms with Gasteiger partial charge in [-0.25, -0.2) is 0 Å². The highest BCUT2D eigenvalue weighted by Crippen LogP contribution is 2.28. The first kappa shape index (κ1) is 15.5. The molecule has 0 fully saturated rings. The average Bonchev–Trinajstić information content (AvgIpc) is 2.52. The van der Waals surface area contributed by atoms with Crippen molar-refractivity contribution < 1.29 is 4.74 Å². The third kappa shape index (κ3) is 4.06. The predicted octanol–water partition coefficient (Wildman–Crippen LogP) is 3.53. The van der Waals surface area contributed by atoms with E-state index in [0.29, 0.717) is 0 Å². The van der Waals surface area contributed by atoms with E-state index >= 15 is 0 Å². The number of rotatable bonds is 7. The molecular weight excluding hydrogens is 260 g/mol. The molecule has 0 aliphatic heterocycles. The number of para-hydroxylation sites is 1. The Morgan fingerprint density at radius 1 is 1.10 bits per heavy atom. The molecule has 0 radical (unpaired) electrons. The van der Waals surface area contributed by atoms with Crippen LogP contribution in [-0.2, 0) is 6.42 Å². The molecule has 0 aliphatic rings. The highest BCUT2D eigenvalue weighted by molar-refractivity contribution is 5.38. The Hall–Kier alpha value is -1.84. The summed E-state index contributed by atoms with van der Waals surface area (Å²) >= 11 is 0. The second-order valence-electron chi connectivity index (χ2n) is 5.24. The summed E-state index contributed by atoms with van der Waals surface area (Å²) in [5.74, 6) is 6.71. The van der Waals surface area contributed by atoms with E-state index in [0.717, 1.165) is 30.8 Å². The topological polar surface area (TPSA) is 47.3 Å². The van der Waals surface area contributed by atoms with E-state index < -0.39 is 0 Å². The van der Waals surface area contributed by atoms with E-state index in [1.807, 2.05) is 18.2 Å². The molecule has 0 aromatic heterocycles. The van der Waals surface area contributed by atoms with Crippen molar-refractivity contribution in [1.82, 2.24) is 5.43 Å². The first-order chi connectivity index (χ1) is 10.3. The summed E-state index contributed by atoms with van der Waals surface area (Å²) in [6.45, 7) is 4.95. The van der Waals surface area contributed by atoms with Crippen molar-refractivity contribution in [2.24, 2.45) is 5.84 Å². The normalized spacial score (nSPS) is 12.1. The third-order valence-electron chi connectivity index (χ3n) is 3.64. The fraction of sp³-hybridized carbons (Fsp3) is 0.333. The Bertz CT molecular complexity index is 569. The Labute approximate surface area is 127 Å². The SMILES string of the molecule is CCCOc1ccccc1C(Cc1ccccc1C)NN. The average molecular weight is 284 g/mol. The van der Waals surface area contributed by atoms with Crippen LogP contribution in [0.15, 0.2) is 48.5 Å². The molecule has 1 unspecified atom stereocenters. The Kier molecular flexibility index (Phi) is 5.78. The minimum Gasteiger partial charge on any atom is -0.493 e. The van der Waals surface area contributed by atoms with Gasteiger partial charge in [0.15, 0.2) is 0 Å². The van der Waals surface area contributed by atoms with E-state index in [1.165, 1.54) is 11.1 Å². The second kappa shape index (κ2) is 7.81. The van der Waals surface area contributed by atoms with Gasteiger partial charge in [0.2, 0.25) is 0 Å². The quantitative estimate of drug-likeness (QED) is 0.604. The van der Waals surface area contributed by atoms with E-state index in [1.54, 1.807) is 0 Å². The molecule has 1 atom stereocenters. The van der Waals surface area contributed by atoms with Gasteiger partial charge in [-0.05, 0) is 37.0 Å². The number of aryl methyl sites for hydroxylation is 1. The first-order valence-electron chi connectivity index (χ1n) is 7.48. The van der Waals surface area contributed by atoms with E-state index in [2.05, 4.69) is 49.6 Å². The standard InChI is InChI=1S/C18H24N2O/c1-3-12-21-18-11-7-6-10-16(18)17(20-19)13-15-9-5-4-8-14(15)2/h4-11,17,20H,3,12-13,19H2,1-2H3. The molecule has 2 aromatic rings. The van der Waals surface area contributed by atoms with Crippen LogP contribution >= 0.6 is 0 Å². The molecule has 21 heavy (non-hydrogen) atoms. The van der Waals surface area contributed by atoms with Crippen LogP contribution in [0.4, 0.5) is 0 Å². The number of ether oxygens (including phenoxy) is 1. The van der Waals surface area contributed by atoms with Crippen LogP contribution in [0.1, 0.15) is 36.1 Å². The zero-order valence-corrected chi connectivity index (χ0v) is 12.8. The van der Waals surface area contributed by atoms with Gasteiger partial charge in [0.1, 0.15) is 5.75 Å². The number of benzene rings is 2. The maximum absolute atomic E-state index is 5.84. The van der Waals surface area contributed by atoms with Crippen LogP contribution < -0.4 is 16.0 Å².